The Bertz CT molecular complexity index is 120. The number of hydrogen-bond acceptors (Lipinski definition) is 0. The molecule has 0 radical (unpaired) electrons. The van der Waals surface area contributed by atoms with E-state index in [9.17, 15) is 0 Å². The second kappa shape index (κ2) is 7.59. The van der Waals surface area contributed by atoms with E-state index in [1.807, 2.05) is 6.92 Å². The first-order valence-electron chi connectivity index (χ1n) is 4.61. The highest BCUT2D eigenvalue weighted by atomic mass is 13.9. The molecule has 0 atom stereocenters. The molecular formula is C11H20. The van der Waals surface area contributed by atoms with Gasteiger partial charge in [-0.05, 0) is 19.8 Å². The van der Waals surface area contributed by atoms with Crippen molar-refractivity contribution < 1.29 is 0 Å². The molecule has 0 nitrogen and oxygen atoms in total. The predicted molar refractivity (Wildman–Crippen MR) is 52.7 cm³/mol. The van der Waals surface area contributed by atoms with Gasteiger partial charge in [0.05, 0.1) is 0 Å². The second-order valence-electron chi connectivity index (χ2n) is 2.97. The molecule has 0 aliphatic carbocycles. The molecule has 0 rings (SSSR count). The number of hydrogen-bond donors (Lipinski definition) is 0. The molecule has 11 heavy (non-hydrogen) atoms. The van der Waals surface area contributed by atoms with E-state index < -0.39 is 0 Å². The summed E-state index contributed by atoms with van der Waals surface area (Å²) in [7, 11) is 0. The van der Waals surface area contributed by atoms with E-state index in [0.29, 0.717) is 0 Å². The Morgan fingerprint density at radius 2 is 2.00 bits per heavy atom. The number of unbranched alkanes of at least 4 members (excludes halogenated alkanes) is 3. The first kappa shape index (κ1) is 10.5. The Morgan fingerprint density at radius 1 is 1.27 bits per heavy atom. The van der Waals surface area contributed by atoms with Crippen LogP contribution in [-0.2, 0) is 0 Å². The smallest absolute Gasteiger partial charge is 0.0285 e. The van der Waals surface area contributed by atoms with Gasteiger partial charge in [0, 0.05) is 0 Å². The molecule has 0 bridgehead atoms. The van der Waals surface area contributed by atoms with Crippen molar-refractivity contribution in [2.75, 3.05) is 0 Å². The van der Waals surface area contributed by atoms with E-state index >= 15 is 0 Å². The fourth-order valence-corrected chi connectivity index (χ4v) is 1.10. The van der Waals surface area contributed by atoms with Crippen LogP contribution >= 0.6 is 0 Å². The summed E-state index contributed by atoms with van der Waals surface area (Å²) < 4.78 is 0. The van der Waals surface area contributed by atoms with Gasteiger partial charge in [-0.15, -0.1) is 0 Å². The minimum absolute atomic E-state index is 1.17. The maximum atomic E-state index is 3.96. The summed E-state index contributed by atoms with van der Waals surface area (Å²) in [6.45, 7) is 8.23. The van der Waals surface area contributed by atoms with Gasteiger partial charge in [0.1, 0.15) is 0 Å². The quantitative estimate of drug-likeness (QED) is 0.397. The highest BCUT2D eigenvalue weighted by Crippen LogP contribution is 2.08. The lowest BCUT2D eigenvalue weighted by Gasteiger charge is -1.98. The van der Waals surface area contributed by atoms with E-state index in [2.05, 4.69) is 25.7 Å². The lowest BCUT2D eigenvalue weighted by molar-refractivity contribution is 0.668. The molecule has 0 aromatic heterocycles. The summed E-state index contributed by atoms with van der Waals surface area (Å²) in [5.74, 6) is 0. The maximum absolute atomic E-state index is 3.96. The Kier molecular flexibility index (Phi) is 7.23. The van der Waals surface area contributed by atoms with Gasteiger partial charge >= 0.3 is 0 Å². The number of allylic oxidation sites excluding steroid dienone is 3. The van der Waals surface area contributed by atoms with Crippen LogP contribution in [0.1, 0.15) is 46.0 Å². The molecule has 0 fully saturated rings. The summed E-state index contributed by atoms with van der Waals surface area (Å²) >= 11 is 0. The zero-order valence-corrected chi connectivity index (χ0v) is 7.90. The van der Waals surface area contributed by atoms with E-state index in [1.165, 1.54) is 37.7 Å². The zero-order chi connectivity index (χ0) is 8.53. The summed E-state index contributed by atoms with van der Waals surface area (Å²) in [5, 5.41) is 0. The molecular weight excluding hydrogens is 132 g/mol. The van der Waals surface area contributed by atoms with Gasteiger partial charge in [-0.2, -0.15) is 0 Å². The Balaban J connectivity index is 3.17. The molecule has 0 aromatic carbocycles. The first-order valence-corrected chi connectivity index (χ1v) is 4.61. The van der Waals surface area contributed by atoms with Crippen LogP contribution in [0.3, 0.4) is 0 Å². The Hall–Kier alpha value is -0.520. The highest BCUT2D eigenvalue weighted by Gasteiger charge is 1.89. The van der Waals surface area contributed by atoms with Gasteiger partial charge in [-0.25, -0.2) is 0 Å². The molecule has 0 spiro atoms. The molecule has 0 amide bonds. The molecule has 0 aliphatic rings. The summed E-state index contributed by atoms with van der Waals surface area (Å²) in [5.41, 5.74) is 1.27. The third kappa shape index (κ3) is 7.38. The fourth-order valence-electron chi connectivity index (χ4n) is 1.10. The summed E-state index contributed by atoms with van der Waals surface area (Å²) in [4.78, 5) is 0. The van der Waals surface area contributed by atoms with Crippen LogP contribution in [0.25, 0.3) is 0 Å². The van der Waals surface area contributed by atoms with Crippen molar-refractivity contribution in [3.05, 3.63) is 24.3 Å². The maximum Gasteiger partial charge on any atom is -0.0285 e. The van der Waals surface area contributed by atoms with Crippen LogP contribution in [0.5, 0.6) is 0 Å². The van der Waals surface area contributed by atoms with Crippen molar-refractivity contribution in [3.8, 4) is 0 Å². The molecule has 0 N–H and O–H groups in total. The van der Waals surface area contributed by atoms with E-state index in [0.717, 1.165) is 0 Å². The minimum Gasteiger partial charge on any atom is -0.0958 e. The molecule has 0 aliphatic heterocycles. The normalized spacial score (nSPS) is 10.7. The van der Waals surface area contributed by atoms with E-state index in [4.69, 9.17) is 0 Å². The highest BCUT2D eigenvalue weighted by molar-refractivity contribution is 5.12. The lowest BCUT2D eigenvalue weighted by atomic mass is 10.1. The second-order valence-corrected chi connectivity index (χ2v) is 2.97. The van der Waals surface area contributed by atoms with E-state index in [-0.39, 0.29) is 0 Å². The van der Waals surface area contributed by atoms with Gasteiger partial charge in [0.25, 0.3) is 0 Å². The molecule has 0 saturated carbocycles. The molecule has 0 heteroatoms. The van der Waals surface area contributed by atoms with Crippen molar-refractivity contribution in [1.29, 1.82) is 0 Å². The van der Waals surface area contributed by atoms with E-state index in [1.54, 1.807) is 0 Å². The molecule has 0 aromatic rings. The lowest BCUT2D eigenvalue weighted by Crippen LogP contribution is -1.78. The average molecular weight is 152 g/mol. The monoisotopic (exact) mass is 152 g/mol. The molecule has 0 unspecified atom stereocenters. The molecule has 64 valence electrons. The van der Waals surface area contributed by atoms with Crippen molar-refractivity contribution >= 4 is 0 Å². The minimum atomic E-state index is 1.17. The van der Waals surface area contributed by atoms with Gasteiger partial charge < -0.3 is 0 Å². The third-order valence-corrected chi connectivity index (χ3v) is 1.75. The standard InChI is InChI=1S/C11H20/c1-4-6-7-8-10-11(3)9-5-2/h5,9H,3-4,6-8,10H2,1-2H3. The largest absolute Gasteiger partial charge is 0.0958 e. The Morgan fingerprint density at radius 3 is 2.55 bits per heavy atom. The molecule has 0 heterocycles. The van der Waals surface area contributed by atoms with Crippen molar-refractivity contribution in [2.24, 2.45) is 0 Å². The number of rotatable bonds is 6. The van der Waals surface area contributed by atoms with Crippen LogP contribution < -0.4 is 0 Å². The van der Waals surface area contributed by atoms with Gasteiger partial charge in [0.15, 0.2) is 0 Å². The predicted octanol–water partition coefficient (Wildman–Crippen LogP) is 4.09. The third-order valence-electron chi connectivity index (χ3n) is 1.75. The summed E-state index contributed by atoms with van der Waals surface area (Å²) in [6.07, 6.45) is 10.7. The average Bonchev–Trinajstić information content (AvgIpc) is 1.99. The van der Waals surface area contributed by atoms with Crippen LogP contribution in [0, 0.1) is 0 Å². The van der Waals surface area contributed by atoms with Crippen LogP contribution in [0.15, 0.2) is 24.3 Å². The summed E-state index contributed by atoms with van der Waals surface area (Å²) in [6, 6.07) is 0. The first-order chi connectivity index (χ1) is 5.31. The van der Waals surface area contributed by atoms with Crippen LogP contribution in [0.4, 0.5) is 0 Å². The van der Waals surface area contributed by atoms with Crippen LogP contribution in [0.2, 0.25) is 0 Å². The topological polar surface area (TPSA) is 0 Å². The van der Waals surface area contributed by atoms with Crippen LogP contribution in [-0.4, -0.2) is 0 Å². The fraction of sp³-hybridized carbons (Fsp3) is 0.636. The van der Waals surface area contributed by atoms with Gasteiger partial charge in [-0.3, -0.25) is 0 Å². The van der Waals surface area contributed by atoms with Crippen molar-refractivity contribution in [3.63, 3.8) is 0 Å². The van der Waals surface area contributed by atoms with Crippen molar-refractivity contribution in [1.82, 2.24) is 0 Å². The zero-order valence-electron chi connectivity index (χ0n) is 7.90. The van der Waals surface area contributed by atoms with Gasteiger partial charge in [0.2, 0.25) is 0 Å². The van der Waals surface area contributed by atoms with Gasteiger partial charge in [-0.1, -0.05) is 50.5 Å². The SMILES string of the molecule is C=C(C=CC)CCCCCC. The molecule has 0 saturated heterocycles. The van der Waals surface area contributed by atoms with Crippen molar-refractivity contribution in [2.45, 2.75) is 46.0 Å². The Labute approximate surface area is 71.0 Å².